The average molecular weight is 262 g/mol. The van der Waals surface area contributed by atoms with Gasteiger partial charge in [-0.05, 0) is 18.2 Å². The van der Waals surface area contributed by atoms with Gasteiger partial charge in [0.05, 0.1) is 10.4 Å². The molecule has 0 spiro atoms. The number of rotatable bonds is 1. The zero-order valence-corrected chi connectivity index (χ0v) is 10.9. The molecule has 3 rings (SSSR count). The Morgan fingerprint density at radius 2 is 1.63 bits per heavy atom. The van der Waals surface area contributed by atoms with Crippen molar-refractivity contribution in [3.8, 4) is 11.8 Å². The fourth-order valence-electron chi connectivity index (χ4n) is 1.93. The lowest BCUT2D eigenvalue weighted by Gasteiger charge is -1.90. The van der Waals surface area contributed by atoms with Crippen molar-refractivity contribution in [2.24, 2.45) is 0 Å². The predicted octanol–water partition coefficient (Wildman–Crippen LogP) is 4.11. The van der Waals surface area contributed by atoms with Gasteiger partial charge in [-0.1, -0.05) is 48.2 Å². The molecule has 0 radical (unpaired) electrons. The van der Waals surface area contributed by atoms with Crippen molar-refractivity contribution in [3.63, 3.8) is 0 Å². The third-order valence-corrected chi connectivity index (χ3v) is 3.93. The largest absolute Gasteiger partial charge is 0.297 e. The van der Waals surface area contributed by atoms with Crippen molar-refractivity contribution in [1.29, 1.82) is 0 Å². The summed E-state index contributed by atoms with van der Waals surface area (Å²) < 4.78 is 1.10. The average Bonchev–Trinajstić information content (AvgIpc) is 2.84. The van der Waals surface area contributed by atoms with Crippen LogP contribution in [-0.2, 0) is 0 Å². The molecule has 0 saturated heterocycles. The number of thiophene rings is 1. The molecular formula is C17H10OS. The van der Waals surface area contributed by atoms with E-state index in [9.17, 15) is 4.79 Å². The molecule has 2 heteroatoms. The summed E-state index contributed by atoms with van der Waals surface area (Å²) in [6, 6.07) is 17.8. The Morgan fingerprint density at radius 1 is 0.895 bits per heavy atom. The van der Waals surface area contributed by atoms with Crippen LogP contribution in [0.3, 0.4) is 0 Å². The van der Waals surface area contributed by atoms with Gasteiger partial charge in [-0.2, -0.15) is 0 Å². The number of hydrogen-bond acceptors (Lipinski definition) is 2. The van der Waals surface area contributed by atoms with E-state index in [1.165, 1.54) is 11.3 Å². The van der Waals surface area contributed by atoms with Gasteiger partial charge in [0, 0.05) is 15.6 Å². The van der Waals surface area contributed by atoms with Gasteiger partial charge in [-0.15, -0.1) is 11.3 Å². The van der Waals surface area contributed by atoms with E-state index in [4.69, 9.17) is 0 Å². The molecule has 0 saturated carbocycles. The van der Waals surface area contributed by atoms with Gasteiger partial charge in [-0.25, -0.2) is 0 Å². The number of hydrogen-bond donors (Lipinski definition) is 0. The highest BCUT2D eigenvalue weighted by Crippen LogP contribution is 2.29. The molecule has 1 aromatic heterocycles. The van der Waals surface area contributed by atoms with Crippen LogP contribution in [0.1, 0.15) is 20.8 Å². The van der Waals surface area contributed by atoms with Gasteiger partial charge in [0.15, 0.2) is 6.29 Å². The first-order valence-electron chi connectivity index (χ1n) is 5.92. The molecule has 2 aromatic carbocycles. The van der Waals surface area contributed by atoms with Crippen molar-refractivity contribution in [2.75, 3.05) is 0 Å². The van der Waals surface area contributed by atoms with Crippen LogP contribution >= 0.6 is 11.3 Å². The zero-order chi connectivity index (χ0) is 13.1. The Balaban J connectivity index is 2.15. The zero-order valence-electron chi connectivity index (χ0n) is 10.1. The topological polar surface area (TPSA) is 17.1 Å². The van der Waals surface area contributed by atoms with E-state index in [1.807, 2.05) is 54.6 Å². The molecule has 1 heterocycles. The standard InChI is InChI=1S/C17H10OS/c18-12-17-15(11-10-13-6-2-1-3-7-13)14-8-4-5-9-16(14)19-17/h1-9,12H. The molecule has 1 nitrogen and oxygen atoms in total. The summed E-state index contributed by atoms with van der Waals surface area (Å²) in [6.45, 7) is 0. The fraction of sp³-hybridized carbons (Fsp3) is 0. The Labute approximate surface area is 115 Å². The van der Waals surface area contributed by atoms with Gasteiger partial charge in [0.25, 0.3) is 0 Å². The summed E-state index contributed by atoms with van der Waals surface area (Å²) >= 11 is 1.49. The van der Waals surface area contributed by atoms with Crippen molar-refractivity contribution >= 4 is 27.7 Å². The predicted molar refractivity (Wildman–Crippen MR) is 79.6 cm³/mol. The highest BCUT2D eigenvalue weighted by Gasteiger charge is 2.08. The van der Waals surface area contributed by atoms with Gasteiger partial charge in [0.1, 0.15) is 0 Å². The molecule has 3 aromatic rings. The normalized spacial score (nSPS) is 9.89. The van der Waals surface area contributed by atoms with Crippen LogP contribution < -0.4 is 0 Å². The number of carbonyl (C=O) groups excluding carboxylic acids is 1. The lowest BCUT2D eigenvalue weighted by Crippen LogP contribution is -1.80. The minimum atomic E-state index is 0.699. The second-order valence-corrected chi connectivity index (χ2v) is 5.16. The van der Waals surface area contributed by atoms with E-state index in [2.05, 4.69) is 11.8 Å². The van der Waals surface area contributed by atoms with Crippen LogP contribution in [0.25, 0.3) is 10.1 Å². The summed E-state index contributed by atoms with van der Waals surface area (Å²) in [4.78, 5) is 11.8. The summed E-state index contributed by atoms with van der Waals surface area (Å²) in [6.07, 6.45) is 0.889. The maximum atomic E-state index is 11.2. The Bertz CT molecular complexity index is 788. The van der Waals surface area contributed by atoms with Crippen molar-refractivity contribution < 1.29 is 4.79 Å². The van der Waals surface area contributed by atoms with E-state index < -0.39 is 0 Å². The number of carbonyl (C=O) groups is 1. The van der Waals surface area contributed by atoms with Crippen LogP contribution in [0, 0.1) is 11.8 Å². The SMILES string of the molecule is O=Cc1sc2ccccc2c1C#Cc1ccccc1. The maximum Gasteiger partial charge on any atom is 0.161 e. The van der Waals surface area contributed by atoms with E-state index >= 15 is 0 Å². The van der Waals surface area contributed by atoms with Crippen molar-refractivity contribution in [1.82, 2.24) is 0 Å². The summed E-state index contributed by atoms with van der Waals surface area (Å²) in [7, 11) is 0. The van der Waals surface area contributed by atoms with Gasteiger partial charge in [0.2, 0.25) is 0 Å². The highest BCUT2D eigenvalue weighted by molar-refractivity contribution is 7.20. The van der Waals surface area contributed by atoms with E-state index in [-0.39, 0.29) is 0 Å². The first-order chi connectivity index (χ1) is 9.38. The molecule has 19 heavy (non-hydrogen) atoms. The van der Waals surface area contributed by atoms with Crippen LogP contribution in [0.5, 0.6) is 0 Å². The van der Waals surface area contributed by atoms with Crippen LogP contribution in [0.15, 0.2) is 54.6 Å². The van der Waals surface area contributed by atoms with Crippen molar-refractivity contribution in [2.45, 2.75) is 0 Å². The number of fused-ring (bicyclic) bond motifs is 1. The number of benzene rings is 2. The van der Waals surface area contributed by atoms with Gasteiger partial charge in [-0.3, -0.25) is 4.79 Å². The Morgan fingerprint density at radius 3 is 2.42 bits per heavy atom. The first kappa shape index (κ1) is 11.7. The molecule has 0 bridgehead atoms. The third kappa shape index (κ3) is 2.29. The van der Waals surface area contributed by atoms with E-state index in [1.54, 1.807) is 0 Å². The molecule has 0 aliphatic heterocycles. The van der Waals surface area contributed by atoms with Crippen LogP contribution in [0.4, 0.5) is 0 Å². The monoisotopic (exact) mass is 262 g/mol. The third-order valence-electron chi connectivity index (χ3n) is 2.84. The van der Waals surface area contributed by atoms with Crippen LogP contribution in [0.2, 0.25) is 0 Å². The summed E-state index contributed by atoms with van der Waals surface area (Å²) in [5.41, 5.74) is 1.79. The maximum absolute atomic E-state index is 11.2. The quantitative estimate of drug-likeness (QED) is 0.476. The minimum absolute atomic E-state index is 0.699. The number of aldehydes is 1. The molecule has 0 aliphatic rings. The Kier molecular flexibility index (Phi) is 3.14. The van der Waals surface area contributed by atoms with E-state index in [0.717, 1.165) is 27.5 Å². The first-order valence-corrected chi connectivity index (χ1v) is 6.74. The lowest BCUT2D eigenvalue weighted by molar-refractivity contribution is 0.112. The molecule has 0 fully saturated rings. The van der Waals surface area contributed by atoms with E-state index in [0.29, 0.717) is 4.88 Å². The molecule has 0 unspecified atom stereocenters. The smallest absolute Gasteiger partial charge is 0.161 e. The Hall–Kier alpha value is -2.37. The summed E-state index contributed by atoms with van der Waals surface area (Å²) in [5, 5.41) is 1.05. The lowest BCUT2D eigenvalue weighted by atomic mass is 10.1. The highest BCUT2D eigenvalue weighted by atomic mass is 32.1. The minimum Gasteiger partial charge on any atom is -0.297 e. The molecule has 0 atom stereocenters. The molecule has 0 amide bonds. The van der Waals surface area contributed by atoms with Gasteiger partial charge < -0.3 is 0 Å². The second kappa shape index (κ2) is 5.09. The van der Waals surface area contributed by atoms with Crippen molar-refractivity contribution in [3.05, 3.63) is 70.6 Å². The fourth-order valence-corrected chi connectivity index (χ4v) is 2.91. The molecular weight excluding hydrogens is 252 g/mol. The second-order valence-electron chi connectivity index (χ2n) is 4.07. The summed E-state index contributed by atoms with van der Waals surface area (Å²) in [5.74, 6) is 6.24. The molecule has 0 N–H and O–H groups in total. The van der Waals surface area contributed by atoms with Crippen LogP contribution in [-0.4, -0.2) is 6.29 Å². The van der Waals surface area contributed by atoms with Gasteiger partial charge >= 0.3 is 0 Å². The molecule has 0 aliphatic carbocycles. The molecule has 90 valence electrons.